The van der Waals surface area contributed by atoms with Gasteiger partial charge in [-0.2, -0.15) is 0 Å². The lowest BCUT2D eigenvalue weighted by molar-refractivity contribution is 0.140. The fraction of sp³-hybridized carbons (Fsp3) is 0.800. The van der Waals surface area contributed by atoms with Gasteiger partial charge in [-0.1, -0.05) is 0 Å². The summed E-state index contributed by atoms with van der Waals surface area (Å²) in [6.45, 7) is 5.69. The zero-order chi connectivity index (χ0) is 10.2. The fourth-order valence-corrected chi connectivity index (χ4v) is 1.38. The molecule has 1 rings (SSSR count). The van der Waals surface area contributed by atoms with Crippen molar-refractivity contribution in [2.45, 2.75) is 0 Å². The van der Waals surface area contributed by atoms with Gasteiger partial charge in [0.15, 0.2) is 0 Å². The van der Waals surface area contributed by atoms with Crippen LogP contribution < -0.4 is 0 Å². The van der Waals surface area contributed by atoms with Crippen molar-refractivity contribution in [1.82, 2.24) is 9.80 Å². The van der Waals surface area contributed by atoms with E-state index in [1.165, 1.54) is 0 Å². The molecule has 1 aliphatic rings. The van der Waals surface area contributed by atoms with Crippen LogP contribution in [0.15, 0.2) is 12.4 Å². The minimum atomic E-state index is 0.794. The SMILES string of the molecule is COCCN1C=CN(CCOC)CC1. The van der Waals surface area contributed by atoms with Gasteiger partial charge < -0.3 is 19.3 Å². The average molecular weight is 200 g/mol. The van der Waals surface area contributed by atoms with E-state index in [2.05, 4.69) is 22.2 Å². The summed E-state index contributed by atoms with van der Waals surface area (Å²) in [6, 6.07) is 0. The highest BCUT2D eigenvalue weighted by Crippen LogP contribution is 2.02. The summed E-state index contributed by atoms with van der Waals surface area (Å²) in [4.78, 5) is 4.54. The second-order valence-corrected chi connectivity index (χ2v) is 3.36. The Labute approximate surface area is 86.1 Å². The molecule has 0 fully saturated rings. The number of methoxy groups -OCH3 is 2. The third kappa shape index (κ3) is 3.98. The molecule has 0 aromatic heterocycles. The highest BCUT2D eigenvalue weighted by molar-refractivity contribution is 4.88. The van der Waals surface area contributed by atoms with Crippen LogP contribution in [0.2, 0.25) is 0 Å². The molecule has 0 spiro atoms. The molecular formula is C10H20N2O2. The van der Waals surface area contributed by atoms with Crippen LogP contribution in [0.3, 0.4) is 0 Å². The summed E-state index contributed by atoms with van der Waals surface area (Å²) in [5.41, 5.74) is 0. The molecule has 4 nitrogen and oxygen atoms in total. The van der Waals surface area contributed by atoms with E-state index >= 15 is 0 Å². The third-order valence-corrected chi connectivity index (χ3v) is 2.33. The standard InChI is InChI=1S/C10H20N2O2/c1-13-9-7-11-3-5-12(6-4-11)8-10-14-2/h3,5H,4,6-10H2,1-2H3. The number of ether oxygens (including phenoxy) is 2. The van der Waals surface area contributed by atoms with Crippen molar-refractivity contribution < 1.29 is 9.47 Å². The molecule has 1 aliphatic heterocycles. The maximum Gasteiger partial charge on any atom is 0.0637 e. The predicted octanol–water partition coefficient (Wildman–Crippen LogP) is 0.368. The Morgan fingerprint density at radius 3 is 1.64 bits per heavy atom. The maximum atomic E-state index is 5.03. The van der Waals surface area contributed by atoms with E-state index in [9.17, 15) is 0 Å². The quantitative estimate of drug-likeness (QED) is 0.618. The molecular weight excluding hydrogens is 180 g/mol. The van der Waals surface area contributed by atoms with Gasteiger partial charge in [-0.25, -0.2) is 0 Å². The molecule has 0 atom stereocenters. The largest absolute Gasteiger partial charge is 0.383 e. The summed E-state index contributed by atoms with van der Waals surface area (Å²) >= 11 is 0. The van der Waals surface area contributed by atoms with Crippen LogP contribution in [0.4, 0.5) is 0 Å². The summed E-state index contributed by atoms with van der Waals surface area (Å²) < 4.78 is 10.1. The van der Waals surface area contributed by atoms with Crippen molar-refractivity contribution >= 4 is 0 Å². The number of hydrogen-bond donors (Lipinski definition) is 0. The van der Waals surface area contributed by atoms with Crippen LogP contribution in [-0.2, 0) is 9.47 Å². The van der Waals surface area contributed by atoms with Crippen molar-refractivity contribution in [3.63, 3.8) is 0 Å². The molecule has 0 aromatic rings. The molecule has 0 amide bonds. The van der Waals surface area contributed by atoms with Crippen molar-refractivity contribution in [2.75, 3.05) is 53.6 Å². The van der Waals surface area contributed by atoms with Crippen LogP contribution in [0.1, 0.15) is 0 Å². The third-order valence-electron chi connectivity index (χ3n) is 2.33. The molecule has 0 aliphatic carbocycles. The first kappa shape index (κ1) is 11.3. The molecule has 1 heterocycles. The first-order valence-electron chi connectivity index (χ1n) is 5.01. The Morgan fingerprint density at radius 1 is 0.929 bits per heavy atom. The normalized spacial score (nSPS) is 16.4. The zero-order valence-corrected chi connectivity index (χ0v) is 9.11. The first-order chi connectivity index (χ1) is 6.86. The highest BCUT2D eigenvalue weighted by Gasteiger charge is 2.08. The van der Waals surface area contributed by atoms with Crippen LogP contribution in [-0.4, -0.2) is 63.4 Å². The van der Waals surface area contributed by atoms with E-state index in [0.29, 0.717) is 0 Å². The van der Waals surface area contributed by atoms with E-state index in [1.807, 2.05) is 0 Å². The molecule has 0 unspecified atom stereocenters. The molecule has 0 N–H and O–H groups in total. The molecule has 0 saturated heterocycles. The molecule has 0 aromatic carbocycles. The highest BCUT2D eigenvalue weighted by atomic mass is 16.5. The lowest BCUT2D eigenvalue weighted by Crippen LogP contribution is -2.37. The van der Waals surface area contributed by atoms with E-state index in [4.69, 9.17) is 9.47 Å². The topological polar surface area (TPSA) is 24.9 Å². The van der Waals surface area contributed by atoms with Gasteiger partial charge in [0.1, 0.15) is 0 Å². The van der Waals surface area contributed by atoms with Crippen molar-refractivity contribution in [3.05, 3.63) is 12.4 Å². The van der Waals surface area contributed by atoms with E-state index in [0.717, 1.165) is 39.4 Å². The number of hydrogen-bond acceptors (Lipinski definition) is 4. The van der Waals surface area contributed by atoms with Crippen molar-refractivity contribution in [1.29, 1.82) is 0 Å². The fourth-order valence-electron chi connectivity index (χ4n) is 1.38. The monoisotopic (exact) mass is 200 g/mol. The van der Waals surface area contributed by atoms with Gasteiger partial charge in [-0.3, -0.25) is 0 Å². The van der Waals surface area contributed by atoms with E-state index in [1.54, 1.807) is 14.2 Å². The van der Waals surface area contributed by atoms with Crippen molar-refractivity contribution in [3.8, 4) is 0 Å². The van der Waals surface area contributed by atoms with E-state index < -0.39 is 0 Å². The Morgan fingerprint density at radius 2 is 1.36 bits per heavy atom. The molecule has 4 heteroatoms. The van der Waals surface area contributed by atoms with Gasteiger partial charge >= 0.3 is 0 Å². The molecule has 0 bridgehead atoms. The Bertz CT molecular complexity index is 156. The minimum Gasteiger partial charge on any atom is -0.383 e. The van der Waals surface area contributed by atoms with Crippen LogP contribution in [0.25, 0.3) is 0 Å². The molecule has 0 radical (unpaired) electrons. The second-order valence-electron chi connectivity index (χ2n) is 3.36. The summed E-state index contributed by atoms with van der Waals surface area (Å²) in [5, 5.41) is 0. The molecule has 14 heavy (non-hydrogen) atoms. The minimum absolute atomic E-state index is 0.794. The summed E-state index contributed by atoms with van der Waals surface area (Å²) in [6.07, 6.45) is 4.25. The van der Waals surface area contributed by atoms with Crippen LogP contribution in [0, 0.1) is 0 Å². The maximum absolute atomic E-state index is 5.03. The van der Waals surface area contributed by atoms with Gasteiger partial charge in [-0.15, -0.1) is 0 Å². The predicted molar refractivity (Wildman–Crippen MR) is 56.0 cm³/mol. The summed E-state index contributed by atoms with van der Waals surface area (Å²) in [7, 11) is 3.47. The zero-order valence-electron chi connectivity index (χ0n) is 9.11. The smallest absolute Gasteiger partial charge is 0.0637 e. The number of rotatable bonds is 6. The first-order valence-corrected chi connectivity index (χ1v) is 5.01. The van der Waals surface area contributed by atoms with Crippen LogP contribution in [0.5, 0.6) is 0 Å². The van der Waals surface area contributed by atoms with Gasteiger partial charge in [0.2, 0.25) is 0 Å². The Hall–Kier alpha value is -0.740. The average Bonchev–Trinajstić information content (AvgIpc) is 2.25. The van der Waals surface area contributed by atoms with Crippen LogP contribution >= 0.6 is 0 Å². The number of nitrogens with zero attached hydrogens (tertiary/aromatic N) is 2. The molecule has 82 valence electrons. The Balaban J connectivity index is 2.18. The second kappa shape index (κ2) is 6.68. The van der Waals surface area contributed by atoms with Gasteiger partial charge in [0.05, 0.1) is 13.2 Å². The summed E-state index contributed by atoms with van der Waals surface area (Å²) in [5.74, 6) is 0. The Kier molecular flexibility index (Phi) is 5.40. The van der Waals surface area contributed by atoms with Gasteiger partial charge in [-0.05, 0) is 0 Å². The van der Waals surface area contributed by atoms with Crippen molar-refractivity contribution in [2.24, 2.45) is 0 Å². The lowest BCUT2D eigenvalue weighted by atomic mass is 10.4. The lowest BCUT2D eigenvalue weighted by Gasteiger charge is -2.30. The molecule has 0 saturated carbocycles. The van der Waals surface area contributed by atoms with Gasteiger partial charge in [0, 0.05) is 52.8 Å². The van der Waals surface area contributed by atoms with E-state index in [-0.39, 0.29) is 0 Å². The van der Waals surface area contributed by atoms with Gasteiger partial charge in [0.25, 0.3) is 0 Å².